The highest BCUT2D eigenvalue weighted by molar-refractivity contribution is 5.95. The van der Waals surface area contributed by atoms with Gasteiger partial charge in [-0.2, -0.15) is 0 Å². The number of carbonyl (C=O) groups is 1. The summed E-state index contributed by atoms with van der Waals surface area (Å²) in [4.78, 5) is 11.3. The van der Waals surface area contributed by atoms with Crippen molar-refractivity contribution < 1.29 is 19.4 Å². The van der Waals surface area contributed by atoms with Gasteiger partial charge in [0.2, 0.25) is 0 Å². The first-order valence-corrected chi connectivity index (χ1v) is 6.51. The van der Waals surface area contributed by atoms with Gasteiger partial charge in [0, 0.05) is 6.61 Å². The van der Waals surface area contributed by atoms with Crippen molar-refractivity contribution >= 4 is 11.6 Å². The molecule has 19 heavy (non-hydrogen) atoms. The van der Waals surface area contributed by atoms with Gasteiger partial charge < -0.3 is 19.9 Å². The molecule has 0 saturated carbocycles. The zero-order valence-electron chi connectivity index (χ0n) is 10.8. The summed E-state index contributed by atoms with van der Waals surface area (Å²) in [7, 11) is 0. The number of rotatable bonds is 2. The number of carbonyl (C=O) groups excluding carboxylic acids is 1. The van der Waals surface area contributed by atoms with E-state index in [0.29, 0.717) is 24.0 Å². The van der Waals surface area contributed by atoms with E-state index >= 15 is 0 Å². The number of benzene rings is 1. The van der Waals surface area contributed by atoms with E-state index in [4.69, 9.17) is 9.47 Å². The Kier molecular flexibility index (Phi) is 3.16. The lowest BCUT2D eigenvalue weighted by Gasteiger charge is -2.24. The molecule has 3 unspecified atom stereocenters. The second kappa shape index (κ2) is 4.83. The van der Waals surface area contributed by atoms with Crippen LogP contribution < -0.4 is 10.1 Å². The summed E-state index contributed by atoms with van der Waals surface area (Å²) in [5.74, 6) is 0.789. The fourth-order valence-electron chi connectivity index (χ4n) is 2.60. The molecule has 2 aliphatic rings. The predicted octanol–water partition coefficient (Wildman–Crippen LogP) is 1.48. The number of hydrogen-bond acceptors (Lipinski definition) is 4. The monoisotopic (exact) mass is 263 g/mol. The Labute approximate surface area is 111 Å². The van der Waals surface area contributed by atoms with Gasteiger partial charge in [-0.3, -0.25) is 4.79 Å². The van der Waals surface area contributed by atoms with E-state index in [1.165, 1.54) is 0 Å². The molecule has 2 aliphatic heterocycles. The van der Waals surface area contributed by atoms with E-state index < -0.39 is 6.10 Å². The van der Waals surface area contributed by atoms with Crippen molar-refractivity contribution in [2.75, 3.05) is 18.5 Å². The Hall–Kier alpha value is -1.59. The van der Waals surface area contributed by atoms with Crippen LogP contribution >= 0.6 is 0 Å². The van der Waals surface area contributed by atoms with Crippen LogP contribution in [0.4, 0.5) is 5.69 Å². The van der Waals surface area contributed by atoms with E-state index in [9.17, 15) is 9.90 Å². The number of aliphatic hydroxyl groups excluding tert-OH is 1. The maximum absolute atomic E-state index is 11.3. The van der Waals surface area contributed by atoms with Gasteiger partial charge in [-0.25, -0.2) is 0 Å². The largest absolute Gasteiger partial charge is 0.482 e. The second-order valence-electron chi connectivity index (χ2n) is 5.14. The van der Waals surface area contributed by atoms with Crippen LogP contribution in [0.1, 0.15) is 25.0 Å². The number of amides is 1. The Morgan fingerprint density at radius 1 is 1.47 bits per heavy atom. The third kappa shape index (κ3) is 2.31. The highest BCUT2D eigenvalue weighted by Crippen LogP contribution is 2.35. The molecule has 2 heterocycles. The first kappa shape index (κ1) is 12.4. The van der Waals surface area contributed by atoms with Gasteiger partial charge in [0.05, 0.1) is 11.8 Å². The number of anilines is 1. The van der Waals surface area contributed by atoms with Crippen LogP contribution in [0.2, 0.25) is 0 Å². The Morgan fingerprint density at radius 2 is 2.32 bits per heavy atom. The molecule has 5 nitrogen and oxygen atoms in total. The second-order valence-corrected chi connectivity index (χ2v) is 5.14. The molecule has 0 aromatic heterocycles. The lowest BCUT2D eigenvalue weighted by Crippen LogP contribution is -2.26. The fraction of sp³-hybridized carbons (Fsp3) is 0.500. The molecule has 3 atom stereocenters. The minimum absolute atomic E-state index is 0.0394. The molecule has 102 valence electrons. The van der Waals surface area contributed by atoms with Crippen LogP contribution in [0, 0.1) is 5.92 Å². The lowest BCUT2D eigenvalue weighted by molar-refractivity contribution is -0.118. The van der Waals surface area contributed by atoms with E-state index in [1.807, 2.05) is 6.07 Å². The Morgan fingerprint density at radius 3 is 3.05 bits per heavy atom. The average Bonchev–Trinajstić information content (AvgIpc) is 2.83. The Bertz CT molecular complexity index is 502. The first-order chi connectivity index (χ1) is 9.15. The molecule has 0 spiro atoms. The molecule has 0 bridgehead atoms. The number of hydrogen-bond donors (Lipinski definition) is 2. The molecule has 1 saturated heterocycles. The molecule has 1 amide bonds. The molecule has 2 N–H and O–H groups in total. The highest BCUT2D eigenvalue weighted by Gasteiger charge is 2.32. The minimum Gasteiger partial charge on any atom is -0.482 e. The minimum atomic E-state index is -0.679. The van der Waals surface area contributed by atoms with Crippen LogP contribution in [0.3, 0.4) is 0 Å². The fourth-order valence-corrected chi connectivity index (χ4v) is 2.60. The van der Waals surface area contributed by atoms with Crippen molar-refractivity contribution in [3.05, 3.63) is 23.8 Å². The maximum atomic E-state index is 11.3. The summed E-state index contributed by atoms with van der Waals surface area (Å²) in [6.07, 6.45) is 0.104. The zero-order chi connectivity index (χ0) is 13.4. The van der Waals surface area contributed by atoms with Crippen LogP contribution in [-0.4, -0.2) is 30.3 Å². The third-order valence-electron chi connectivity index (χ3n) is 3.73. The van der Waals surface area contributed by atoms with Gasteiger partial charge in [0.25, 0.3) is 5.91 Å². The summed E-state index contributed by atoms with van der Waals surface area (Å²) in [6, 6.07) is 5.34. The molecule has 1 aromatic rings. The number of aliphatic hydroxyl groups is 1. The van der Waals surface area contributed by atoms with Gasteiger partial charge in [-0.1, -0.05) is 13.0 Å². The third-order valence-corrected chi connectivity index (χ3v) is 3.73. The van der Waals surface area contributed by atoms with Crippen LogP contribution in [-0.2, 0) is 9.53 Å². The number of fused-ring (bicyclic) bond motifs is 1. The number of nitrogens with one attached hydrogen (secondary N) is 1. The van der Waals surface area contributed by atoms with Gasteiger partial charge in [0.15, 0.2) is 6.61 Å². The maximum Gasteiger partial charge on any atom is 0.262 e. The smallest absolute Gasteiger partial charge is 0.262 e. The standard InChI is InChI=1S/C14H17NO4/c1-8-4-5-18-14(8)13(17)9-2-3-11-10(6-9)15-12(16)7-19-11/h2-3,6,8,13-14,17H,4-5,7H2,1H3,(H,15,16). The van der Waals surface area contributed by atoms with Crippen molar-refractivity contribution in [2.45, 2.75) is 25.6 Å². The van der Waals surface area contributed by atoms with E-state index in [1.54, 1.807) is 12.1 Å². The van der Waals surface area contributed by atoms with Crippen LogP contribution in [0.15, 0.2) is 18.2 Å². The van der Waals surface area contributed by atoms with Gasteiger partial charge in [0.1, 0.15) is 11.9 Å². The van der Waals surface area contributed by atoms with Crippen molar-refractivity contribution in [3.63, 3.8) is 0 Å². The Balaban J connectivity index is 1.85. The summed E-state index contributed by atoms with van der Waals surface area (Å²) < 4.78 is 10.9. The average molecular weight is 263 g/mol. The predicted molar refractivity (Wildman–Crippen MR) is 69.0 cm³/mol. The summed E-state index contributed by atoms with van der Waals surface area (Å²) in [5, 5.41) is 13.1. The molecular weight excluding hydrogens is 246 g/mol. The van der Waals surface area contributed by atoms with Crippen LogP contribution in [0.25, 0.3) is 0 Å². The molecule has 1 fully saturated rings. The number of ether oxygens (including phenoxy) is 2. The van der Waals surface area contributed by atoms with Crippen molar-refractivity contribution in [1.29, 1.82) is 0 Å². The topological polar surface area (TPSA) is 67.8 Å². The van der Waals surface area contributed by atoms with Crippen molar-refractivity contribution in [1.82, 2.24) is 0 Å². The molecule has 3 rings (SSSR count). The zero-order valence-corrected chi connectivity index (χ0v) is 10.8. The SMILES string of the molecule is CC1CCOC1C(O)c1ccc2c(c1)NC(=O)CO2. The first-order valence-electron chi connectivity index (χ1n) is 6.51. The van der Waals surface area contributed by atoms with Gasteiger partial charge in [-0.05, 0) is 30.0 Å². The van der Waals surface area contributed by atoms with E-state index in [0.717, 1.165) is 12.0 Å². The molecule has 0 radical (unpaired) electrons. The van der Waals surface area contributed by atoms with E-state index in [2.05, 4.69) is 12.2 Å². The highest BCUT2D eigenvalue weighted by atomic mass is 16.5. The molecule has 5 heteroatoms. The lowest BCUT2D eigenvalue weighted by atomic mass is 9.94. The van der Waals surface area contributed by atoms with Crippen molar-refractivity contribution in [3.8, 4) is 5.75 Å². The van der Waals surface area contributed by atoms with Gasteiger partial charge in [-0.15, -0.1) is 0 Å². The summed E-state index contributed by atoms with van der Waals surface area (Å²) in [5.41, 5.74) is 1.35. The van der Waals surface area contributed by atoms with E-state index in [-0.39, 0.29) is 18.6 Å². The van der Waals surface area contributed by atoms with Crippen LogP contribution in [0.5, 0.6) is 5.75 Å². The normalized spacial score (nSPS) is 27.4. The quantitative estimate of drug-likeness (QED) is 0.848. The molecule has 0 aliphatic carbocycles. The summed E-state index contributed by atoms with van der Waals surface area (Å²) >= 11 is 0. The molecular formula is C14H17NO4. The summed E-state index contributed by atoms with van der Waals surface area (Å²) in [6.45, 7) is 2.80. The van der Waals surface area contributed by atoms with Gasteiger partial charge >= 0.3 is 0 Å². The van der Waals surface area contributed by atoms with Crippen molar-refractivity contribution in [2.24, 2.45) is 5.92 Å². The molecule has 1 aromatic carbocycles.